The molecule has 4 rings (SSSR count). The summed E-state index contributed by atoms with van der Waals surface area (Å²) in [7, 11) is 3.32. The molecule has 0 bridgehead atoms. The summed E-state index contributed by atoms with van der Waals surface area (Å²) >= 11 is 0. The Morgan fingerprint density at radius 2 is 1.92 bits per heavy atom. The first-order chi connectivity index (χ1) is 18.1. The molecule has 1 saturated heterocycles. The van der Waals surface area contributed by atoms with Gasteiger partial charge < -0.3 is 25.1 Å². The number of para-hydroxylation sites is 1. The zero-order valence-corrected chi connectivity index (χ0v) is 21.6. The Morgan fingerprint density at radius 1 is 1.21 bits per heavy atom. The largest absolute Gasteiger partial charge is 0.506 e. The molecule has 11 nitrogen and oxygen atoms in total. The molecule has 1 fully saturated rings. The number of halogens is 1. The van der Waals surface area contributed by atoms with Crippen molar-refractivity contribution in [2.75, 3.05) is 57.0 Å². The van der Waals surface area contributed by atoms with E-state index in [0.717, 1.165) is 10.6 Å². The van der Waals surface area contributed by atoms with Crippen LogP contribution in [0.15, 0.2) is 41.7 Å². The van der Waals surface area contributed by atoms with Crippen LogP contribution in [0.4, 0.5) is 16.2 Å². The number of aryl methyl sites for hydroxylation is 1. The van der Waals surface area contributed by atoms with Crippen LogP contribution in [0.2, 0.25) is 0 Å². The number of aromatic hydroxyl groups is 1. The Kier molecular flexibility index (Phi) is 7.60. The molecule has 2 aromatic heterocycles. The highest BCUT2D eigenvalue weighted by atomic mass is 19.1. The predicted molar refractivity (Wildman–Crippen MR) is 142 cm³/mol. The van der Waals surface area contributed by atoms with Gasteiger partial charge in [0.05, 0.1) is 5.39 Å². The maximum atomic E-state index is 14.7. The van der Waals surface area contributed by atoms with Crippen molar-refractivity contribution in [1.29, 1.82) is 0 Å². The number of aromatic nitrogens is 3. The summed E-state index contributed by atoms with van der Waals surface area (Å²) in [6, 6.07) is 5.50. The van der Waals surface area contributed by atoms with Crippen LogP contribution >= 0.6 is 0 Å². The molecular formula is C26H30FN7O4. The first kappa shape index (κ1) is 26.6. The molecular weight excluding hydrogens is 493 g/mol. The molecule has 0 aliphatic carbocycles. The summed E-state index contributed by atoms with van der Waals surface area (Å²) in [6.07, 6.45) is 1.46. The molecule has 2 amide bonds. The van der Waals surface area contributed by atoms with Crippen molar-refractivity contribution in [1.82, 2.24) is 24.3 Å². The maximum Gasteiger partial charge on any atom is 0.282 e. The van der Waals surface area contributed by atoms with Gasteiger partial charge in [-0.05, 0) is 31.2 Å². The number of rotatable bonds is 7. The number of phenols is 1. The number of anilines is 2. The van der Waals surface area contributed by atoms with E-state index >= 15 is 0 Å². The van der Waals surface area contributed by atoms with Gasteiger partial charge >= 0.3 is 0 Å². The summed E-state index contributed by atoms with van der Waals surface area (Å²) in [4.78, 5) is 52.0. The third kappa shape index (κ3) is 5.15. The smallest absolute Gasteiger partial charge is 0.282 e. The van der Waals surface area contributed by atoms with Crippen LogP contribution in [0.1, 0.15) is 12.1 Å². The number of piperazine rings is 1. The van der Waals surface area contributed by atoms with Crippen LogP contribution in [0.5, 0.6) is 5.75 Å². The highest BCUT2D eigenvalue weighted by Crippen LogP contribution is 2.29. The van der Waals surface area contributed by atoms with Crippen LogP contribution in [0.3, 0.4) is 0 Å². The minimum absolute atomic E-state index is 0.0225. The first-order valence-corrected chi connectivity index (χ1v) is 12.1. The van der Waals surface area contributed by atoms with Gasteiger partial charge in [-0.25, -0.2) is 9.37 Å². The normalized spacial score (nSPS) is 13.5. The number of phenolic OH excluding ortho intramolecular Hbond substituents is 1. The summed E-state index contributed by atoms with van der Waals surface area (Å²) in [5.41, 5.74) is -0.489. The van der Waals surface area contributed by atoms with Gasteiger partial charge in [0, 0.05) is 58.9 Å². The minimum atomic E-state index is -0.757. The van der Waals surface area contributed by atoms with E-state index in [9.17, 15) is 23.9 Å². The fourth-order valence-corrected chi connectivity index (χ4v) is 4.39. The van der Waals surface area contributed by atoms with Crippen LogP contribution in [0.25, 0.3) is 16.6 Å². The number of nitrogens with one attached hydrogen (secondary N) is 1. The summed E-state index contributed by atoms with van der Waals surface area (Å²) in [5.74, 6) is -0.774. The lowest BCUT2D eigenvalue weighted by Crippen LogP contribution is -2.48. The topological polar surface area (TPSA) is 124 Å². The lowest BCUT2D eigenvalue weighted by atomic mass is 10.2. The zero-order valence-electron chi connectivity index (χ0n) is 21.6. The lowest BCUT2D eigenvalue weighted by Gasteiger charge is -2.35. The van der Waals surface area contributed by atoms with Crippen molar-refractivity contribution in [3.63, 3.8) is 0 Å². The molecule has 12 heteroatoms. The van der Waals surface area contributed by atoms with Crippen molar-refractivity contribution in [2.45, 2.75) is 13.3 Å². The predicted octanol–water partition coefficient (Wildman–Crippen LogP) is 1.66. The minimum Gasteiger partial charge on any atom is -0.506 e. The monoisotopic (exact) mass is 523 g/mol. The van der Waals surface area contributed by atoms with E-state index in [4.69, 9.17) is 0 Å². The maximum absolute atomic E-state index is 14.7. The Labute approximate surface area is 218 Å². The van der Waals surface area contributed by atoms with Crippen LogP contribution < -0.4 is 15.8 Å². The standard InChI is InChI=1S/C26H30FN7O4/c1-5-20(36)32-11-13-33(14-12-32)24-17-15-16(2)34(23-18(27)7-6-8-19(23)35)25(38)22(17)29-26(30-24)28-10-9-21(37)31(3)4/h5-8,15,35H,1,9-14H2,2-4H3,(H,28,29,30). The Balaban J connectivity index is 1.82. The van der Waals surface area contributed by atoms with Gasteiger partial charge in [-0.1, -0.05) is 12.6 Å². The molecule has 0 atom stereocenters. The van der Waals surface area contributed by atoms with Gasteiger partial charge in [0.15, 0.2) is 5.82 Å². The molecule has 0 unspecified atom stereocenters. The number of hydrogen-bond acceptors (Lipinski definition) is 8. The average molecular weight is 524 g/mol. The fraction of sp³-hybridized carbons (Fsp3) is 0.346. The number of nitrogens with zero attached hydrogens (tertiary/aromatic N) is 6. The number of carbonyl (C=O) groups excluding carboxylic acids is 2. The van der Waals surface area contributed by atoms with E-state index in [0.29, 0.717) is 43.1 Å². The third-order valence-electron chi connectivity index (χ3n) is 6.41. The molecule has 3 aromatic rings. The molecule has 0 saturated carbocycles. The van der Waals surface area contributed by atoms with Crippen molar-refractivity contribution in [3.05, 3.63) is 58.8 Å². The van der Waals surface area contributed by atoms with Gasteiger partial charge in [-0.2, -0.15) is 4.98 Å². The van der Waals surface area contributed by atoms with Gasteiger partial charge in [-0.15, -0.1) is 0 Å². The number of benzene rings is 1. The summed E-state index contributed by atoms with van der Waals surface area (Å²) in [6.45, 7) is 7.21. The summed E-state index contributed by atoms with van der Waals surface area (Å²) < 4.78 is 15.8. The van der Waals surface area contributed by atoms with Crippen molar-refractivity contribution < 1.29 is 19.1 Å². The highest BCUT2D eigenvalue weighted by Gasteiger charge is 2.25. The van der Waals surface area contributed by atoms with E-state index < -0.39 is 11.4 Å². The van der Waals surface area contributed by atoms with E-state index in [1.807, 2.05) is 4.90 Å². The number of carbonyl (C=O) groups is 2. The quantitative estimate of drug-likeness (QED) is 0.448. The molecule has 1 aliphatic heterocycles. The van der Waals surface area contributed by atoms with Crippen molar-refractivity contribution >= 4 is 34.5 Å². The van der Waals surface area contributed by atoms with Gasteiger partial charge in [-0.3, -0.25) is 19.0 Å². The van der Waals surface area contributed by atoms with Crippen LogP contribution in [-0.4, -0.2) is 88.1 Å². The van der Waals surface area contributed by atoms with E-state index in [1.165, 1.54) is 23.1 Å². The second-order valence-corrected chi connectivity index (χ2v) is 9.15. The molecule has 38 heavy (non-hydrogen) atoms. The Hall–Kier alpha value is -4.48. The van der Waals surface area contributed by atoms with Crippen molar-refractivity contribution in [2.24, 2.45) is 0 Å². The molecule has 1 aromatic carbocycles. The van der Waals surface area contributed by atoms with E-state index in [2.05, 4.69) is 21.9 Å². The molecule has 1 aliphatic rings. The molecule has 0 spiro atoms. The molecule has 2 N–H and O–H groups in total. The van der Waals surface area contributed by atoms with Gasteiger partial charge in [0.2, 0.25) is 17.8 Å². The molecule has 3 heterocycles. The van der Waals surface area contributed by atoms with Gasteiger partial charge in [0.1, 0.15) is 22.8 Å². The first-order valence-electron chi connectivity index (χ1n) is 12.1. The number of fused-ring (bicyclic) bond motifs is 1. The molecule has 200 valence electrons. The number of hydrogen-bond donors (Lipinski definition) is 2. The van der Waals surface area contributed by atoms with Crippen LogP contribution in [-0.2, 0) is 9.59 Å². The lowest BCUT2D eigenvalue weighted by molar-refractivity contribution is -0.128. The number of pyridine rings is 1. The fourth-order valence-electron chi connectivity index (χ4n) is 4.39. The second-order valence-electron chi connectivity index (χ2n) is 9.15. The number of amides is 2. The Bertz CT molecular complexity index is 1440. The van der Waals surface area contributed by atoms with Gasteiger partial charge in [0.25, 0.3) is 5.56 Å². The average Bonchev–Trinajstić information content (AvgIpc) is 2.89. The highest BCUT2D eigenvalue weighted by molar-refractivity contribution is 5.91. The summed E-state index contributed by atoms with van der Waals surface area (Å²) in [5, 5.41) is 13.8. The SMILES string of the molecule is C=CC(=O)N1CCN(c2nc(NCCC(=O)N(C)C)nc3c(=O)n(-c4c(O)cccc4F)c(C)cc23)CC1. The zero-order chi connectivity index (χ0) is 27.6. The third-order valence-corrected chi connectivity index (χ3v) is 6.41. The van der Waals surface area contributed by atoms with E-state index in [1.54, 1.807) is 32.0 Å². The second kappa shape index (κ2) is 10.9. The van der Waals surface area contributed by atoms with E-state index in [-0.39, 0.29) is 47.7 Å². The van der Waals surface area contributed by atoms with Crippen molar-refractivity contribution in [3.8, 4) is 11.4 Å². The van der Waals surface area contributed by atoms with Crippen LogP contribution in [0, 0.1) is 12.7 Å². The Morgan fingerprint density at radius 3 is 2.55 bits per heavy atom. The molecule has 0 radical (unpaired) electrons.